The molecule has 4 heteroatoms. The Morgan fingerprint density at radius 1 is 0.962 bits per heavy atom. The third-order valence-corrected chi connectivity index (χ3v) is 5.35. The summed E-state index contributed by atoms with van der Waals surface area (Å²) in [6.07, 6.45) is 0. The van der Waals surface area contributed by atoms with E-state index in [1.807, 2.05) is 36.4 Å². The summed E-state index contributed by atoms with van der Waals surface area (Å²) in [5.74, 6) is 1.30. The largest absolute Gasteiger partial charge is 0.507 e. The molecule has 1 fully saturated rings. The lowest BCUT2D eigenvalue weighted by Crippen LogP contribution is -3.13. The Bertz CT molecular complexity index is 884. The average molecular weight is 349 g/mol. The summed E-state index contributed by atoms with van der Waals surface area (Å²) >= 11 is 0. The van der Waals surface area contributed by atoms with Gasteiger partial charge in [-0.15, -0.1) is 0 Å². The van der Waals surface area contributed by atoms with Crippen LogP contribution in [0.3, 0.4) is 0 Å². The van der Waals surface area contributed by atoms with Crippen molar-refractivity contribution in [3.8, 4) is 11.5 Å². The van der Waals surface area contributed by atoms with E-state index in [0.717, 1.165) is 49.4 Å². The molecular weight excluding hydrogens is 324 g/mol. The van der Waals surface area contributed by atoms with Crippen molar-refractivity contribution in [1.29, 1.82) is 0 Å². The Morgan fingerprint density at radius 3 is 2.42 bits per heavy atom. The SMILES string of the molecule is COc1ccc(N2CC[NH+](Cc3c(O)ccc4ccccc34)CC2)cc1. The third-order valence-electron chi connectivity index (χ3n) is 5.35. The second kappa shape index (κ2) is 7.26. The smallest absolute Gasteiger partial charge is 0.125 e. The van der Waals surface area contributed by atoms with Crippen LogP contribution in [0.4, 0.5) is 5.69 Å². The molecule has 2 N–H and O–H groups in total. The topological polar surface area (TPSA) is 37.1 Å². The van der Waals surface area contributed by atoms with Gasteiger partial charge < -0.3 is 19.6 Å². The van der Waals surface area contributed by atoms with Crippen LogP contribution in [0.5, 0.6) is 11.5 Å². The minimum Gasteiger partial charge on any atom is -0.507 e. The van der Waals surface area contributed by atoms with Gasteiger partial charge in [0.25, 0.3) is 0 Å². The standard InChI is InChI=1S/C22H24N2O2/c1-26-19-9-7-18(8-10-19)24-14-12-23(13-15-24)16-21-20-5-3-2-4-17(20)6-11-22(21)25/h2-11,25H,12-16H2,1H3/p+1. The Morgan fingerprint density at radius 2 is 1.69 bits per heavy atom. The van der Waals surface area contributed by atoms with E-state index in [-0.39, 0.29) is 0 Å². The van der Waals surface area contributed by atoms with Crippen LogP contribution in [0.25, 0.3) is 10.8 Å². The number of nitrogens with one attached hydrogen (secondary N) is 1. The van der Waals surface area contributed by atoms with Crippen LogP contribution in [0.15, 0.2) is 60.7 Å². The second-order valence-corrected chi connectivity index (χ2v) is 6.90. The van der Waals surface area contributed by atoms with Gasteiger partial charge in [-0.05, 0) is 41.1 Å². The van der Waals surface area contributed by atoms with Gasteiger partial charge in [-0.25, -0.2) is 0 Å². The molecule has 1 heterocycles. The molecule has 0 unspecified atom stereocenters. The molecule has 0 bridgehead atoms. The Balaban J connectivity index is 1.45. The third kappa shape index (κ3) is 3.33. The number of nitrogens with zero attached hydrogens (tertiary/aromatic N) is 1. The average Bonchev–Trinajstić information content (AvgIpc) is 2.71. The van der Waals surface area contributed by atoms with E-state index >= 15 is 0 Å². The monoisotopic (exact) mass is 349 g/mol. The summed E-state index contributed by atoms with van der Waals surface area (Å²) in [4.78, 5) is 3.94. The van der Waals surface area contributed by atoms with Crippen molar-refractivity contribution in [3.05, 3.63) is 66.2 Å². The molecule has 3 aromatic rings. The lowest BCUT2D eigenvalue weighted by molar-refractivity contribution is -0.914. The summed E-state index contributed by atoms with van der Waals surface area (Å²) in [7, 11) is 1.69. The first-order valence-corrected chi connectivity index (χ1v) is 9.17. The molecule has 3 aromatic carbocycles. The van der Waals surface area contributed by atoms with Crippen LogP contribution in [0.1, 0.15) is 5.56 Å². The maximum atomic E-state index is 10.4. The molecule has 4 nitrogen and oxygen atoms in total. The molecule has 1 aliphatic rings. The van der Waals surface area contributed by atoms with E-state index in [0.29, 0.717) is 5.75 Å². The number of piperazine rings is 1. The number of hydrogen-bond donors (Lipinski definition) is 2. The summed E-state index contributed by atoms with van der Waals surface area (Å²) in [6.45, 7) is 5.04. The van der Waals surface area contributed by atoms with E-state index in [2.05, 4.69) is 29.2 Å². The van der Waals surface area contributed by atoms with Crippen LogP contribution in [0.2, 0.25) is 0 Å². The Kier molecular flexibility index (Phi) is 4.67. The van der Waals surface area contributed by atoms with Crippen molar-refractivity contribution < 1.29 is 14.7 Å². The molecule has 0 aromatic heterocycles. The van der Waals surface area contributed by atoms with E-state index < -0.39 is 0 Å². The van der Waals surface area contributed by atoms with Crippen molar-refractivity contribution in [2.75, 3.05) is 38.2 Å². The molecule has 0 aliphatic carbocycles. The van der Waals surface area contributed by atoms with Gasteiger partial charge in [0.2, 0.25) is 0 Å². The molecule has 0 atom stereocenters. The van der Waals surface area contributed by atoms with E-state index in [4.69, 9.17) is 4.74 Å². The van der Waals surface area contributed by atoms with Gasteiger partial charge in [0.15, 0.2) is 0 Å². The van der Waals surface area contributed by atoms with E-state index in [9.17, 15) is 5.11 Å². The quantitative estimate of drug-likeness (QED) is 0.760. The van der Waals surface area contributed by atoms with Gasteiger partial charge in [0, 0.05) is 5.69 Å². The first kappa shape index (κ1) is 16.7. The van der Waals surface area contributed by atoms with Crippen molar-refractivity contribution in [2.24, 2.45) is 0 Å². The number of rotatable bonds is 4. The van der Waals surface area contributed by atoms with Gasteiger partial charge >= 0.3 is 0 Å². The minimum absolute atomic E-state index is 0.411. The van der Waals surface area contributed by atoms with Crippen molar-refractivity contribution in [2.45, 2.75) is 6.54 Å². The van der Waals surface area contributed by atoms with Crippen LogP contribution >= 0.6 is 0 Å². The van der Waals surface area contributed by atoms with Crippen molar-refractivity contribution >= 4 is 16.5 Å². The van der Waals surface area contributed by atoms with Crippen LogP contribution in [-0.4, -0.2) is 38.4 Å². The number of benzene rings is 3. The van der Waals surface area contributed by atoms with Gasteiger partial charge in [-0.1, -0.05) is 30.3 Å². The fourth-order valence-corrected chi connectivity index (χ4v) is 3.81. The van der Waals surface area contributed by atoms with Crippen LogP contribution in [0, 0.1) is 0 Å². The molecule has 1 saturated heterocycles. The maximum Gasteiger partial charge on any atom is 0.125 e. The van der Waals surface area contributed by atoms with Gasteiger partial charge in [0.05, 0.1) is 38.9 Å². The number of phenolic OH excluding ortho intramolecular Hbond substituents is 1. The van der Waals surface area contributed by atoms with Gasteiger partial charge in [-0.3, -0.25) is 0 Å². The Hall–Kier alpha value is -2.72. The number of anilines is 1. The molecular formula is C22H25N2O2+. The highest BCUT2D eigenvalue weighted by molar-refractivity contribution is 5.87. The summed E-state index contributed by atoms with van der Waals surface area (Å²) < 4.78 is 5.24. The minimum atomic E-state index is 0.411. The second-order valence-electron chi connectivity index (χ2n) is 6.90. The number of aromatic hydroxyl groups is 1. The van der Waals surface area contributed by atoms with Crippen LogP contribution in [-0.2, 0) is 6.54 Å². The highest BCUT2D eigenvalue weighted by atomic mass is 16.5. The molecule has 0 amide bonds. The molecule has 1 aliphatic heterocycles. The fraction of sp³-hybridized carbons (Fsp3) is 0.273. The first-order valence-electron chi connectivity index (χ1n) is 9.17. The van der Waals surface area contributed by atoms with E-state index in [1.54, 1.807) is 7.11 Å². The predicted octanol–water partition coefficient (Wildman–Crippen LogP) is 2.46. The van der Waals surface area contributed by atoms with Crippen LogP contribution < -0.4 is 14.5 Å². The number of fused-ring (bicyclic) bond motifs is 1. The zero-order valence-electron chi connectivity index (χ0n) is 15.1. The fourth-order valence-electron chi connectivity index (χ4n) is 3.81. The first-order chi connectivity index (χ1) is 12.7. The number of methoxy groups -OCH3 is 1. The van der Waals surface area contributed by atoms with Crippen molar-refractivity contribution in [1.82, 2.24) is 0 Å². The van der Waals surface area contributed by atoms with Gasteiger partial charge in [-0.2, -0.15) is 0 Å². The summed E-state index contributed by atoms with van der Waals surface area (Å²) in [6, 6.07) is 20.4. The number of ether oxygens (including phenoxy) is 1. The lowest BCUT2D eigenvalue weighted by atomic mass is 10.0. The lowest BCUT2D eigenvalue weighted by Gasteiger charge is -2.34. The normalized spacial score (nSPS) is 15.3. The number of hydrogen-bond acceptors (Lipinski definition) is 3. The molecule has 0 spiro atoms. The highest BCUT2D eigenvalue weighted by Gasteiger charge is 2.22. The summed E-state index contributed by atoms with van der Waals surface area (Å²) in [5, 5.41) is 12.7. The van der Waals surface area contributed by atoms with Crippen molar-refractivity contribution in [3.63, 3.8) is 0 Å². The Labute approximate surface area is 154 Å². The summed E-state index contributed by atoms with van der Waals surface area (Å²) in [5.41, 5.74) is 2.31. The zero-order valence-corrected chi connectivity index (χ0v) is 15.1. The molecule has 134 valence electrons. The molecule has 0 radical (unpaired) electrons. The van der Waals surface area contributed by atoms with Gasteiger partial charge in [0.1, 0.15) is 18.0 Å². The molecule has 4 rings (SSSR count). The molecule has 26 heavy (non-hydrogen) atoms. The zero-order chi connectivity index (χ0) is 17.9. The maximum absolute atomic E-state index is 10.4. The number of phenols is 1. The molecule has 0 saturated carbocycles. The highest BCUT2D eigenvalue weighted by Crippen LogP contribution is 2.26. The predicted molar refractivity (Wildman–Crippen MR) is 105 cm³/mol. The number of quaternary nitrogens is 1. The van der Waals surface area contributed by atoms with E-state index in [1.165, 1.54) is 16.0 Å².